The monoisotopic (exact) mass is 363 g/mol. The van der Waals surface area contributed by atoms with E-state index in [1.54, 1.807) is 30.3 Å². The first-order valence-electron chi connectivity index (χ1n) is 7.10. The lowest BCUT2D eigenvalue weighted by Gasteiger charge is -2.21. The highest BCUT2D eigenvalue weighted by atomic mass is 35.5. The first kappa shape index (κ1) is 16.5. The predicted octanol–water partition coefficient (Wildman–Crippen LogP) is 4.98. The molecule has 0 spiro atoms. The molecule has 5 nitrogen and oxygen atoms in total. The van der Waals surface area contributed by atoms with Crippen molar-refractivity contribution in [2.75, 3.05) is 0 Å². The minimum atomic E-state index is -1.30. The van der Waals surface area contributed by atoms with Crippen LogP contribution in [-0.4, -0.2) is 21.7 Å². The van der Waals surface area contributed by atoms with Crippen LogP contribution in [0.2, 0.25) is 5.02 Å². The van der Waals surface area contributed by atoms with Crippen molar-refractivity contribution in [1.29, 1.82) is 0 Å². The summed E-state index contributed by atoms with van der Waals surface area (Å²) in [4.78, 5) is 15.5. The van der Waals surface area contributed by atoms with Crippen molar-refractivity contribution in [2.45, 2.75) is 19.4 Å². The Balaban J connectivity index is 1.74. The molecule has 0 unspecified atom stereocenters. The van der Waals surface area contributed by atoms with E-state index in [1.165, 1.54) is 25.2 Å². The zero-order valence-electron chi connectivity index (χ0n) is 12.9. The second-order valence-corrected chi connectivity index (χ2v) is 7.01. The standard InChI is InChI=1S/C17H14ClNO4S/c1-17(2,15(20)21)23-12-6-4-11(5-7-12)22-16-19-13-8-3-10(18)9-14(13)24-16/h3-9H,1-2H3,(H,20,21). The van der Waals surface area contributed by atoms with Crippen LogP contribution >= 0.6 is 22.9 Å². The molecule has 0 atom stereocenters. The van der Waals surface area contributed by atoms with Gasteiger partial charge in [-0.25, -0.2) is 9.78 Å². The molecule has 24 heavy (non-hydrogen) atoms. The van der Waals surface area contributed by atoms with Gasteiger partial charge in [0.15, 0.2) is 5.60 Å². The molecule has 0 amide bonds. The summed E-state index contributed by atoms with van der Waals surface area (Å²) in [6.07, 6.45) is 0. The molecule has 1 heterocycles. The van der Waals surface area contributed by atoms with E-state index in [1.807, 2.05) is 12.1 Å². The molecule has 3 aromatic rings. The fourth-order valence-electron chi connectivity index (χ4n) is 1.94. The van der Waals surface area contributed by atoms with E-state index in [0.717, 1.165) is 10.2 Å². The van der Waals surface area contributed by atoms with Crippen molar-refractivity contribution < 1.29 is 19.4 Å². The molecule has 0 bridgehead atoms. The maximum atomic E-state index is 11.1. The third-order valence-electron chi connectivity index (χ3n) is 3.25. The Morgan fingerprint density at radius 1 is 1.17 bits per heavy atom. The van der Waals surface area contributed by atoms with Gasteiger partial charge in [0, 0.05) is 5.02 Å². The first-order valence-corrected chi connectivity index (χ1v) is 8.29. The van der Waals surface area contributed by atoms with E-state index < -0.39 is 11.6 Å². The lowest BCUT2D eigenvalue weighted by Crippen LogP contribution is -2.37. The molecule has 1 aromatic heterocycles. The Labute approximate surface area is 147 Å². The summed E-state index contributed by atoms with van der Waals surface area (Å²) in [6, 6.07) is 12.2. The van der Waals surface area contributed by atoms with Gasteiger partial charge in [-0.05, 0) is 56.3 Å². The Bertz CT molecular complexity index is 889. The third kappa shape index (κ3) is 3.60. The molecule has 0 radical (unpaired) electrons. The van der Waals surface area contributed by atoms with E-state index >= 15 is 0 Å². The molecule has 124 valence electrons. The van der Waals surface area contributed by atoms with E-state index in [-0.39, 0.29) is 0 Å². The zero-order valence-corrected chi connectivity index (χ0v) is 14.5. The third-order valence-corrected chi connectivity index (χ3v) is 4.38. The van der Waals surface area contributed by atoms with Crippen molar-refractivity contribution in [2.24, 2.45) is 0 Å². The van der Waals surface area contributed by atoms with Crippen LogP contribution in [0, 0.1) is 0 Å². The minimum Gasteiger partial charge on any atom is -0.478 e. The van der Waals surface area contributed by atoms with Gasteiger partial charge >= 0.3 is 5.97 Å². The number of hydrogen-bond donors (Lipinski definition) is 1. The summed E-state index contributed by atoms with van der Waals surface area (Å²) < 4.78 is 12.1. The molecular weight excluding hydrogens is 350 g/mol. The number of benzene rings is 2. The first-order chi connectivity index (χ1) is 11.3. The summed E-state index contributed by atoms with van der Waals surface area (Å²) in [5.41, 5.74) is -0.475. The van der Waals surface area contributed by atoms with Crippen LogP contribution in [-0.2, 0) is 4.79 Å². The second-order valence-electron chi connectivity index (χ2n) is 5.58. The number of fused-ring (bicyclic) bond motifs is 1. The fraction of sp³-hybridized carbons (Fsp3) is 0.176. The summed E-state index contributed by atoms with van der Waals surface area (Å²) in [5, 5.41) is 10.2. The van der Waals surface area contributed by atoms with Gasteiger partial charge in [0.1, 0.15) is 11.5 Å². The lowest BCUT2D eigenvalue weighted by molar-refractivity contribution is -0.152. The maximum absolute atomic E-state index is 11.1. The second kappa shape index (κ2) is 6.30. The molecule has 2 aromatic carbocycles. The number of hydrogen-bond acceptors (Lipinski definition) is 5. The van der Waals surface area contributed by atoms with Gasteiger partial charge in [-0.15, -0.1) is 0 Å². The molecule has 0 aliphatic carbocycles. The minimum absolute atomic E-state index is 0.450. The van der Waals surface area contributed by atoms with Gasteiger partial charge < -0.3 is 14.6 Å². The van der Waals surface area contributed by atoms with Gasteiger partial charge in [0.2, 0.25) is 0 Å². The molecule has 0 fully saturated rings. The van der Waals surface area contributed by atoms with Crippen molar-refractivity contribution >= 4 is 39.1 Å². The Hall–Kier alpha value is -2.31. The topological polar surface area (TPSA) is 68.7 Å². The van der Waals surface area contributed by atoms with E-state index in [2.05, 4.69) is 4.98 Å². The van der Waals surface area contributed by atoms with Gasteiger partial charge in [0.25, 0.3) is 5.19 Å². The number of ether oxygens (including phenoxy) is 2. The Kier molecular flexibility index (Phi) is 4.34. The average molecular weight is 364 g/mol. The summed E-state index contributed by atoms with van der Waals surface area (Å²) in [7, 11) is 0. The number of halogens is 1. The summed E-state index contributed by atoms with van der Waals surface area (Å²) in [5.74, 6) is 0.00225. The van der Waals surface area contributed by atoms with Gasteiger partial charge in [-0.3, -0.25) is 0 Å². The molecule has 0 aliphatic rings. The Morgan fingerprint density at radius 3 is 2.50 bits per heavy atom. The molecule has 0 aliphatic heterocycles. The van der Waals surface area contributed by atoms with Crippen LogP contribution in [0.4, 0.5) is 0 Å². The number of nitrogens with zero attached hydrogens (tertiary/aromatic N) is 1. The number of aromatic nitrogens is 1. The zero-order chi connectivity index (χ0) is 17.3. The number of thiazole rings is 1. The fourth-order valence-corrected chi connectivity index (χ4v) is 3.05. The number of rotatable bonds is 5. The highest BCUT2D eigenvalue weighted by molar-refractivity contribution is 7.20. The summed E-state index contributed by atoms with van der Waals surface area (Å²) >= 11 is 7.36. The predicted molar refractivity (Wildman–Crippen MR) is 93.5 cm³/mol. The highest BCUT2D eigenvalue weighted by Crippen LogP contribution is 2.33. The van der Waals surface area contributed by atoms with Crippen molar-refractivity contribution in [3.8, 4) is 16.7 Å². The van der Waals surface area contributed by atoms with Crippen LogP contribution in [0.25, 0.3) is 10.2 Å². The van der Waals surface area contributed by atoms with Crippen LogP contribution in [0.3, 0.4) is 0 Å². The molecule has 7 heteroatoms. The van der Waals surface area contributed by atoms with Crippen LogP contribution in [0.1, 0.15) is 13.8 Å². The molecule has 3 rings (SSSR count). The van der Waals surface area contributed by atoms with Crippen LogP contribution in [0.15, 0.2) is 42.5 Å². The molecule has 0 saturated heterocycles. The van der Waals surface area contributed by atoms with E-state index in [9.17, 15) is 4.79 Å². The van der Waals surface area contributed by atoms with Crippen LogP contribution in [0.5, 0.6) is 16.7 Å². The average Bonchev–Trinajstić information content (AvgIpc) is 2.90. The van der Waals surface area contributed by atoms with E-state index in [4.69, 9.17) is 26.2 Å². The van der Waals surface area contributed by atoms with Crippen molar-refractivity contribution in [3.63, 3.8) is 0 Å². The number of carbonyl (C=O) groups is 1. The van der Waals surface area contributed by atoms with Gasteiger partial charge in [-0.2, -0.15) is 0 Å². The quantitative estimate of drug-likeness (QED) is 0.692. The largest absolute Gasteiger partial charge is 0.478 e. The SMILES string of the molecule is CC(C)(Oc1ccc(Oc2nc3ccc(Cl)cc3s2)cc1)C(=O)O. The van der Waals surface area contributed by atoms with Crippen molar-refractivity contribution in [1.82, 2.24) is 4.98 Å². The molecule has 0 saturated carbocycles. The molecular formula is C17H14ClNO4S. The normalized spacial score (nSPS) is 11.5. The number of carboxylic acid groups (broad SMARTS) is 1. The number of aliphatic carboxylic acids is 1. The van der Waals surface area contributed by atoms with Gasteiger partial charge in [-0.1, -0.05) is 22.9 Å². The highest BCUT2D eigenvalue weighted by Gasteiger charge is 2.29. The lowest BCUT2D eigenvalue weighted by atomic mass is 10.1. The number of carboxylic acids is 1. The maximum Gasteiger partial charge on any atom is 0.347 e. The van der Waals surface area contributed by atoms with E-state index in [0.29, 0.717) is 21.7 Å². The Morgan fingerprint density at radius 2 is 1.83 bits per heavy atom. The summed E-state index contributed by atoms with van der Waals surface area (Å²) in [6.45, 7) is 2.98. The smallest absolute Gasteiger partial charge is 0.347 e. The van der Waals surface area contributed by atoms with Crippen LogP contribution < -0.4 is 9.47 Å². The van der Waals surface area contributed by atoms with Crippen molar-refractivity contribution in [3.05, 3.63) is 47.5 Å². The van der Waals surface area contributed by atoms with Gasteiger partial charge in [0.05, 0.1) is 10.2 Å². The molecule has 1 N–H and O–H groups in total.